The monoisotopic (exact) mass is 652 g/mol. The van der Waals surface area contributed by atoms with Crippen molar-refractivity contribution in [3.8, 4) is 33.6 Å². The van der Waals surface area contributed by atoms with Crippen molar-refractivity contribution in [3.05, 3.63) is 109 Å². The van der Waals surface area contributed by atoms with Crippen LogP contribution in [0.1, 0.15) is 30.0 Å². The van der Waals surface area contributed by atoms with E-state index in [9.17, 15) is 13.2 Å². The number of fused-ring (bicyclic) bond motifs is 1. The first kappa shape index (κ1) is 32.3. The van der Waals surface area contributed by atoms with E-state index in [4.69, 9.17) is 20.6 Å². The van der Waals surface area contributed by atoms with Crippen LogP contribution in [0.4, 0.5) is 19.0 Å². The summed E-state index contributed by atoms with van der Waals surface area (Å²) < 4.78 is 31.7. The van der Waals surface area contributed by atoms with Gasteiger partial charge in [0.2, 0.25) is 0 Å². The smallest absolute Gasteiger partial charge is 0.475 e. The van der Waals surface area contributed by atoms with Crippen LogP contribution in [-0.2, 0) is 11.3 Å². The van der Waals surface area contributed by atoms with Crippen molar-refractivity contribution in [1.29, 1.82) is 0 Å². The number of H-pyrrole nitrogens is 1. The number of carboxylic acid groups (broad SMARTS) is 1. The predicted octanol–water partition coefficient (Wildman–Crippen LogP) is 6.74. The highest BCUT2D eigenvalue weighted by Crippen LogP contribution is 2.35. The Kier molecular flexibility index (Phi) is 9.39. The molecule has 7 rings (SSSR count). The number of anilines is 1. The Morgan fingerprint density at radius 1 is 0.917 bits per heavy atom. The van der Waals surface area contributed by atoms with E-state index < -0.39 is 12.1 Å². The van der Waals surface area contributed by atoms with Gasteiger partial charge in [-0.25, -0.2) is 19.7 Å². The van der Waals surface area contributed by atoms with Crippen LogP contribution >= 0.6 is 0 Å². The number of halogens is 3. The zero-order valence-corrected chi connectivity index (χ0v) is 25.6. The third-order valence-corrected chi connectivity index (χ3v) is 8.22. The maximum atomic E-state index is 10.6. The molecule has 0 unspecified atom stereocenters. The summed E-state index contributed by atoms with van der Waals surface area (Å²) in [4.78, 5) is 29.0. The molecule has 4 N–H and O–H groups in total. The summed E-state index contributed by atoms with van der Waals surface area (Å²) >= 11 is 0. The van der Waals surface area contributed by atoms with Crippen molar-refractivity contribution in [2.24, 2.45) is 0 Å². The van der Waals surface area contributed by atoms with E-state index in [-0.39, 0.29) is 0 Å². The molecule has 0 spiro atoms. The quantitative estimate of drug-likeness (QED) is 0.178. The van der Waals surface area contributed by atoms with Crippen molar-refractivity contribution in [3.63, 3.8) is 0 Å². The number of nitrogens with one attached hydrogen (secondary N) is 1. The second-order valence-corrected chi connectivity index (χ2v) is 11.4. The fourth-order valence-electron chi connectivity index (χ4n) is 5.71. The van der Waals surface area contributed by atoms with E-state index in [0.717, 1.165) is 71.5 Å². The molecule has 6 aromatic rings. The van der Waals surface area contributed by atoms with Gasteiger partial charge in [-0.1, -0.05) is 54.6 Å². The number of nitrogens with zero attached hydrogens (tertiary/aromatic N) is 6. The molecule has 13 heteroatoms. The second-order valence-electron chi connectivity index (χ2n) is 11.4. The Hall–Kier alpha value is -5.69. The molecule has 10 nitrogen and oxygen atoms in total. The number of hydrogen-bond acceptors (Lipinski definition) is 8. The fourth-order valence-corrected chi connectivity index (χ4v) is 5.71. The summed E-state index contributed by atoms with van der Waals surface area (Å²) in [5.41, 5.74) is 15.4. The number of hydrogen-bond donors (Lipinski definition) is 3. The van der Waals surface area contributed by atoms with Gasteiger partial charge >= 0.3 is 12.1 Å². The number of carbonyl (C=O) groups is 1. The minimum Gasteiger partial charge on any atom is -0.475 e. The number of nitrogens with two attached hydrogens (primary N) is 1. The minimum atomic E-state index is -5.08. The summed E-state index contributed by atoms with van der Waals surface area (Å²) in [5.74, 6) is -1.82. The van der Waals surface area contributed by atoms with E-state index in [1.807, 2.05) is 30.3 Å². The summed E-state index contributed by atoms with van der Waals surface area (Å²) in [6, 6.07) is 27.3. The first-order chi connectivity index (χ1) is 23.2. The fraction of sp³-hybridized carbons (Fsp3) is 0.200. The van der Waals surface area contributed by atoms with Crippen LogP contribution in [0.5, 0.6) is 0 Å². The van der Waals surface area contributed by atoms with Crippen molar-refractivity contribution >= 4 is 22.8 Å². The zero-order chi connectivity index (χ0) is 33.7. The Labute approximate surface area is 273 Å². The van der Waals surface area contributed by atoms with Crippen LogP contribution < -0.4 is 5.73 Å². The molecular weight excluding hydrogens is 621 g/mol. The molecule has 1 fully saturated rings. The lowest BCUT2D eigenvalue weighted by Crippen LogP contribution is -2.32. The number of aromatic amines is 1. The van der Waals surface area contributed by atoms with Gasteiger partial charge < -0.3 is 10.8 Å². The van der Waals surface area contributed by atoms with Gasteiger partial charge in [0.05, 0.1) is 16.8 Å². The highest BCUT2D eigenvalue weighted by atomic mass is 19.4. The lowest BCUT2D eigenvalue weighted by molar-refractivity contribution is -0.192. The molecule has 0 aliphatic carbocycles. The lowest BCUT2D eigenvalue weighted by Gasteiger charge is -2.31. The molecule has 4 aromatic heterocycles. The normalized spacial score (nSPS) is 14.0. The summed E-state index contributed by atoms with van der Waals surface area (Å²) in [6.45, 7) is 3.04. The molecule has 0 bridgehead atoms. The number of alkyl halides is 3. The summed E-state index contributed by atoms with van der Waals surface area (Å²) in [6.07, 6.45) is 2.22. The molecule has 1 aliphatic rings. The van der Waals surface area contributed by atoms with E-state index >= 15 is 0 Å². The number of aliphatic carboxylic acids is 1. The van der Waals surface area contributed by atoms with Crippen molar-refractivity contribution in [2.75, 3.05) is 18.8 Å². The number of pyridine rings is 2. The minimum absolute atomic E-state index is 0.437. The van der Waals surface area contributed by atoms with Gasteiger partial charge in [-0.3, -0.25) is 15.0 Å². The highest BCUT2D eigenvalue weighted by molar-refractivity contribution is 5.94. The number of piperidine rings is 1. The zero-order valence-electron chi connectivity index (χ0n) is 25.6. The van der Waals surface area contributed by atoms with E-state index in [1.165, 1.54) is 17.6 Å². The topological polar surface area (TPSA) is 147 Å². The average Bonchev–Trinajstić information content (AvgIpc) is 3.60. The second kappa shape index (κ2) is 14.0. The SMILES string of the molecule is Nc1ncnc2nc(-c3ccc(CN4CCC(c5cc(-c6ccncc6)n[nH]5)CC4)cc3)c(-c3ccccc3)cc12.O=C(O)C(F)(F)F. The van der Waals surface area contributed by atoms with Crippen LogP contribution in [0.15, 0.2) is 97.6 Å². The molecule has 244 valence electrons. The molecular formula is C35H31F3N8O2. The molecule has 48 heavy (non-hydrogen) atoms. The summed E-state index contributed by atoms with van der Waals surface area (Å²) in [7, 11) is 0. The Morgan fingerprint density at radius 3 is 2.27 bits per heavy atom. The van der Waals surface area contributed by atoms with Crippen molar-refractivity contribution < 1.29 is 23.1 Å². The molecule has 0 atom stereocenters. The van der Waals surface area contributed by atoms with Gasteiger partial charge in [-0.15, -0.1) is 0 Å². The molecule has 0 amide bonds. The highest BCUT2D eigenvalue weighted by Gasteiger charge is 2.38. The third kappa shape index (κ3) is 7.47. The molecule has 2 aromatic carbocycles. The number of nitrogen functional groups attached to an aromatic ring is 1. The van der Waals surface area contributed by atoms with E-state index in [1.54, 1.807) is 12.4 Å². The maximum Gasteiger partial charge on any atom is 0.490 e. The summed E-state index contributed by atoms with van der Waals surface area (Å²) in [5, 5.41) is 15.7. The number of rotatable bonds is 6. The Balaban J connectivity index is 0.000000519. The van der Waals surface area contributed by atoms with Gasteiger partial charge in [0.25, 0.3) is 0 Å². The number of likely N-dealkylation sites (tertiary alicyclic amines) is 1. The van der Waals surface area contributed by atoms with Crippen LogP contribution in [-0.4, -0.2) is 65.4 Å². The first-order valence-electron chi connectivity index (χ1n) is 15.2. The molecule has 0 saturated carbocycles. The molecule has 1 aliphatic heterocycles. The van der Waals surface area contributed by atoms with E-state index in [0.29, 0.717) is 17.4 Å². The lowest BCUT2D eigenvalue weighted by atomic mass is 9.92. The molecule has 5 heterocycles. The average molecular weight is 653 g/mol. The predicted molar refractivity (Wildman–Crippen MR) is 175 cm³/mol. The Morgan fingerprint density at radius 2 is 1.60 bits per heavy atom. The van der Waals surface area contributed by atoms with Crippen LogP contribution in [0.2, 0.25) is 0 Å². The van der Waals surface area contributed by atoms with Crippen LogP contribution in [0, 0.1) is 0 Å². The number of aromatic nitrogens is 6. The van der Waals surface area contributed by atoms with Gasteiger partial charge in [-0.05, 0) is 61.3 Å². The van der Waals surface area contributed by atoms with Gasteiger partial charge in [-0.2, -0.15) is 18.3 Å². The Bertz CT molecular complexity index is 1990. The standard InChI is InChI=1S/C33H30N8.C2HF3O2/c34-32-28-18-27(23-4-2-1-3-5-23)31(38-33(28)37-21-36-32)26-8-6-22(7-9-26)20-41-16-12-25(13-17-41)30-19-29(39-40-30)24-10-14-35-15-11-24;3-2(4,5)1(6)7/h1-11,14-15,18-19,21,25H,12-13,16-17,20H2,(H,39,40)(H2,34,36,37,38);(H,6,7). The van der Waals surface area contributed by atoms with Gasteiger partial charge in [0, 0.05) is 47.2 Å². The largest absolute Gasteiger partial charge is 0.490 e. The van der Waals surface area contributed by atoms with Crippen LogP contribution in [0.25, 0.3) is 44.7 Å². The van der Waals surface area contributed by atoms with Gasteiger partial charge in [0.15, 0.2) is 5.65 Å². The maximum absolute atomic E-state index is 10.6. The van der Waals surface area contributed by atoms with Gasteiger partial charge in [0.1, 0.15) is 12.1 Å². The molecule has 1 saturated heterocycles. The number of carboxylic acids is 1. The van der Waals surface area contributed by atoms with Crippen molar-refractivity contribution in [2.45, 2.75) is 31.5 Å². The van der Waals surface area contributed by atoms with E-state index in [2.05, 4.69) is 78.6 Å². The van der Waals surface area contributed by atoms with Crippen molar-refractivity contribution in [1.82, 2.24) is 35.0 Å². The number of benzene rings is 2. The van der Waals surface area contributed by atoms with Crippen LogP contribution in [0.3, 0.4) is 0 Å². The molecule has 0 radical (unpaired) electrons. The third-order valence-electron chi connectivity index (χ3n) is 8.22. The first-order valence-corrected chi connectivity index (χ1v) is 15.2.